The van der Waals surface area contributed by atoms with Crippen LogP contribution in [0.2, 0.25) is 0 Å². The summed E-state index contributed by atoms with van der Waals surface area (Å²) in [6.45, 7) is 5.38. The van der Waals surface area contributed by atoms with Gasteiger partial charge in [-0.05, 0) is 20.8 Å². The fourth-order valence-corrected chi connectivity index (χ4v) is 1.42. The molecule has 100 valence electrons. The van der Waals surface area contributed by atoms with Gasteiger partial charge in [-0.15, -0.1) is 0 Å². The van der Waals surface area contributed by atoms with Crippen LogP contribution in [0.1, 0.15) is 27.2 Å². The highest BCUT2D eigenvalue weighted by Gasteiger charge is 2.28. The van der Waals surface area contributed by atoms with Crippen molar-refractivity contribution >= 4 is 18.2 Å². The number of nitrogens with zero attached hydrogens (tertiary/aromatic N) is 2. The molecule has 0 spiro atoms. The largest absolute Gasteiger partial charge is 0.456 e. The van der Waals surface area contributed by atoms with Crippen molar-refractivity contribution in [2.45, 2.75) is 32.8 Å². The summed E-state index contributed by atoms with van der Waals surface area (Å²) in [5, 5.41) is 2.43. The maximum Gasteiger partial charge on any atom is 0.338 e. The molecular weight excluding hydrogens is 234 g/mol. The monoisotopic (exact) mass is 253 g/mol. The number of carbonyl (C=O) groups is 2. The molecule has 6 heteroatoms. The molecule has 0 atom stereocenters. The molecule has 1 aliphatic heterocycles. The molecule has 0 aromatic heterocycles. The van der Waals surface area contributed by atoms with Crippen LogP contribution in [0.5, 0.6) is 0 Å². The normalized spacial score (nSPS) is 15.3. The molecule has 1 heterocycles. The van der Waals surface area contributed by atoms with Crippen molar-refractivity contribution in [1.29, 1.82) is 0 Å². The molecular formula is C12H19N3O3. The van der Waals surface area contributed by atoms with Gasteiger partial charge < -0.3 is 15.0 Å². The van der Waals surface area contributed by atoms with E-state index < -0.39 is 11.6 Å². The van der Waals surface area contributed by atoms with E-state index in [1.54, 1.807) is 25.7 Å². The van der Waals surface area contributed by atoms with Crippen LogP contribution in [0.3, 0.4) is 0 Å². The van der Waals surface area contributed by atoms with Gasteiger partial charge in [0.25, 0.3) is 0 Å². The highest BCUT2D eigenvalue weighted by atomic mass is 16.6. The van der Waals surface area contributed by atoms with Crippen LogP contribution in [0.4, 0.5) is 0 Å². The highest BCUT2D eigenvalue weighted by Crippen LogP contribution is 2.22. The van der Waals surface area contributed by atoms with Crippen molar-refractivity contribution in [3.8, 4) is 0 Å². The van der Waals surface area contributed by atoms with Crippen LogP contribution in [0.25, 0.3) is 0 Å². The lowest BCUT2D eigenvalue weighted by molar-refractivity contribution is -0.149. The molecule has 6 nitrogen and oxygen atoms in total. The number of nitrogens with one attached hydrogen (secondary N) is 1. The minimum Gasteiger partial charge on any atom is -0.456 e. The molecule has 0 aromatic carbocycles. The Kier molecular flexibility index (Phi) is 4.11. The first-order valence-electron chi connectivity index (χ1n) is 5.66. The van der Waals surface area contributed by atoms with Gasteiger partial charge in [-0.1, -0.05) is 0 Å². The lowest BCUT2D eigenvalue weighted by Crippen LogP contribution is -2.27. The lowest BCUT2D eigenvalue weighted by Gasteiger charge is -2.20. The second kappa shape index (κ2) is 5.20. The Balaban J connectivity index is 2.90. The van der Waals surface area contributed by atoms with Crippen molar-refractivity contribution < 1.29 is 14.3 Å². The second-order valence-corrected chi connectivity index (χ2v) is 5.19. The molecule has 0 saturated heterocycles. The first-order valence-corrected chi connectivity index (χ1v) is 5.66. The summed E-state index contributed by atoms with van der Waals surface area (Å²) in [7, 11) is 3.66. The average Bonchev–Trinajstić information content (AvgIpc) is 2.59. The van der Waals surface area contributed by atoms with Crippen LogP contribution in [0.15, 0.2) is 16.4 Å². The molecule has 1 rings (SSSR count). The van der Waals surface area contributed by atoms with Crippen LogP contribution < -0.4 is 5.32 Å². The van der Waals surface area contributed by atoms with E-state index in [2.05, 4.69) is 10.3 Å². The maximum absolute atomic E-state index is 12.0. The molecule has 18 heavy (non-hydrogen) atoms. The van der Waals surface area contributed by atoms with Crippen molar-refractivity contribution in [2.24, 2.45) is 4.99 Å². The van der Waals surface area contributed by atoms with Gasteiger partial charge in [0, 0.05) is 20.5 Å². The van der Waals surface area contributed by atoms with E-state index >= 15 is 0 Å². The first kappa shape index (κ1) is 14.2. The third-order valence-corrected chi connectivity index (χ3v) is 2.22. The quantitative estimate of drug-likeness (QED) is 0.592. The van der Waals surface area contributed by atoms with Crippen LogP contribution in [-0.4, -0.2) is 42.8 Å². The zero-order chi connectivity index (χ0) is 13.9. The van der Waals surface area contributed by atoms with Gasteiger partial charge in [0.15, 0.2) is 0 Å². The predicted molar refractivity (Wildman–Crippen MR) is 67.8 cm³/mol. The van der Waals surface area contributed by atoms with E-state index in [0.29, 0.717) is 24.2 Å². The number of carbonyl (C=O) groups excluding carboxylic acids is 2. The fourth-order valence-electron chi connectivity index (χ4n) is 1.42. The molecule has 1 amide bonds. The smallest absolute Gasteiger partial charge is 0.338 e. The van der Waals surface area contributed by atoms with Gasteiger partial charge >= 0.3 is 5.97 Å². The van der Waals surface area contributed by atoms with E-state index in [1.165, 1.54) is 0 Å². The zero-order valence-corrected chi connectivity index (χ0v) is 11.4. The molecule has 0 unspecified atom stereocenters. The molecule has 0 aromatic rings. The number of amides is 1. The van der Waals surface area contributed by atoms with E-state index in [1.807, 2.05) is 14.1 Å². The van der Waals surface area contributed by atoms with Crippen molar-refractivity contribution in [2.75, 3.05) is 14.1 Å². The number of hydrogen-bond donors (Lipinski definition) is 1. The summed E-state index contributed by atoms with van der Waals surface area (Å²) < 4.78 is 5.28. The number of amidine groups is 1. The average molecular weight is 253 g/mol. The lowest BCUT2D eigenvalue weighted by atomic mass is 10.1. The Labute approximate surface area is 107 Å². The van der Waals surface area contributed by atoms with Gasteiger partial charge in [-0.25, -0.2) is 9.79 Å². The molecule has 1 N–H and O–H groups in total. The van der Waals surface area contributed by atoms with E-state index in [0.717, 1.165) is 0 Å². The minimum absolute atomic E-state index is 0.267. The van der Waals surface area contributed by atoms with E-state index in [9.17, 15) is 9.59 Å². The van der Waals surface area contributed by atoms with Crippen LogP contribution in [-0.2, 0) is 14.3 Å². The van der Waals surface area contributed by atoms with E-state index in [4.69, 9.17) is 4.74 Å². The third kappa shape index (κ3) is 3.58. The summed E-state index contributed by atoms with van der Waals surface area (Å²) in [6.07, 6.45) is 0.861. The van der Waals surface area contributed by atoms with E-state index in [-0.39, 0.29) is 5.82 Å². The number of hydrogen-bond acceptors (Lipinski definition) is 5. The number of ether oxygens (including phenoxy) is 1. The standard InChI is InChI=1S/C12H19N3O3/c1-12(2,3)18-11(17)8-6-9(15(4)5)14-10(8)13-7-16/h7H,6H2,1-5H3,(H,13,16). The third-order valence-electron chi connectivity index (χ3n) is 2.22. The number of esters is 1. The Morgan fingerprint density at radius 3 is 2.50 bits per heavy atom. The van der Waals surface area contributed by atoms with Crippen LogP contribution in [0, 0.1) is 0 Å². The topological polar surface area (TPSA) is 71.0 Å². The van der Waals surface area contributed by atoms with Gasteiger partial charge in [-0.3, -0.25) is 4.79 Å². The number of aliphatic imine (C=N–C) groups is 1. The Morgan fingerprint density at radius 1 is 1.44 bits per heavy atom. The summed E-state index contributed by atoms with van der Waals surface area (Å²) in [5.74, 6) is 0.524. The van der Waals surface area contributed by atoms with Gasteiger partial charge in [-0.2, -0.15) is 0 Å². The molecule has 0 aliphatic carbocycles. The van der Waals surface area contributed by atoms with Crippen molar-refractivity contribution in [3.63, 3.8) is 0 Å². The fraction of sp³-hybridized carbons (Fsp3) is 0.583. The van der Waals surface area contributed by atoms with Crippen molar-refractivity contribution in [3.05, 3.63) is 11.4 Å². The first-order chi connectivity index (χ1) is 8.24. The van der Waals surface area contributed by atoms with Crippen molar-refractivity contribution in [1.82, 2.24) is 10.2 Å². The van der Waals surface area contributed by atoms with Crippen LogP contribution >= 0.6 is 0 Å². The van der Waals surface area contributed by atoms with Gasteiger partial charge in [0.05, 0.1) is 5.57 Å². The maximum atomic E-state index is 12.0. The van der Waals surface area contributed by atoms with Gasteiger partial charge in [0.1, 0.15) is 17.3 Å². The number of rotatable bonds is 3. The molecule has 0 bridgehead atoms. The predicted octanol–water partition coefficient (Wildman–Crippen LogP) is 0.649. The molecule has 0 radical (unpaired) electrons. The SMILES string of the molecule is CN(C)C1=NC(NC=O)=C(C(=O)OC(C)(C)C)C1. The molecule has 0 fully saturated rings. The zero-order valence-electron chi connectivity index (χ0n) is 11.4. The molecule has 0 saturated carbocycles. The highest BCUT2D eigenvalue weighted by molar-refractivity contribution is 6.01. The summed E-state index contributed by atoms with van der Waals surface area (Å²) in [5.41, 5.74) is -0.197. The summed E-state index contributed by atoms with van der Waals surface area (Å²) >= 11 is 0. The Morgan fingerprint density at radius 2 is 2.06 bits per heavy atom. The second-order valence-electron chi connectivity index (χ2n) is 5.19. The molecule has 1 aliphatic rings. The Bertz CT molecular complexity index is 417. The van der Waals surface area contributed by atoms with Gasteiger partial charge in [0.2, 0.25) is 6.41 Å². The Hall–Kier alpha value is -1.85. The minimum atomic E-state index is -0.572. The summed E-state index contributed by atoms with van der Waals surface area (Å²) in [6, 6.07) is 0. The summed E-state index contributed by atoms with van der Waals surface area (Å²) in [4.78, 5) is 28.5.